The smallest absolute Gasteiger partial charge is 0.375 e. The quantitative estimate of drug-likeness (QED) is 0.498. The molecule has 0 saturated heterocycles. The molecular formula is C27H29FO7. The third kappa shape index (κ3) is 2.81. The molecule has 1 aromatic heterocycles. The lowest BCUT2D eigenvalue weighted by atomic mass is 9.44. The molecule has 5 rings (SSSR count). The molecule has 0 aliphatic heterocycles. The van der Waals surface area contributed by atoms with Gasteiger partial charge in [0.2, 0.25) is 11.5 Å². The van der Waals surface area contributed by atoms with Gasteiger partial charge in [-0.1, -0.05) is 25.2 Å². The van der Waals surface area contributed by atoms with Gasteiger partial charge in [-0.25, -0.2) is 9.18 Å². The summed E-state index contributed by atoms with van der Waals surface area (Å²) in [6, 6.07) is 2.90. The number of aliphatic hydroxyl groups is 2. The van der Waals surface area contributed by atoms with Crippen LogP contribution in [0.5, 0.6) is 0 Å². The molecule has 0 amide bonds. The largest absolute Gasteiger partial charge is 0.457 e. The van der Waals surface area contributed by atoms with Crippen LogP contribution in [0, 0.1) is 22.7 Å². The van der Waals surface area contributed by atoms with Gasteiger partial charge in [-0.05, 0) is 68.4 Å². The molecule has 4 aliphatic carbocycles. The maximum atomic E-state index is 17.3. The monoisotopic (exact) mass is 484 g/mol. The van der Waals surface area contributed by atoms with Crippen LogP contribution in [0.15, 0.2) is 58.8 Å². The fraction of sp³-hybridized carbons (Fsp3) is 0.519. The van der Waals surface area contributed by atoms with Gasteiger partial charge in [0.05, 0.1) is 12.4 Å². The van der Waals surface area contributed by atoms with E-state index in [4.69, 9.17) is 9.15 Å². The molecule has 0 aromatic carbocycles. The van der Waals surface area contributed by atoms with Gasteiger partial charge in [-0.3, -0.25) is 9.59 Å². The van der Waals surface area contributed by atoms with E-state index in [1.54, 1.807) is 19.9 Å². The van der Waals surface area contributed by atoms with E-state index >= 15 is 4.39 Å². The van der Waals surface area contributed by atoms with Crippen LogP contribution < -0.4 is 0 Å². The van der Waals surface area contributed by atoms with Crippen LogP contribution in [0.2, 0.25) is 0 Å². The molecule has 7 atom stereocenters. The van der Waals surface area contributed by atoms with Gasteiger partial charge in [0.25, 0.3) is 0 Å². The molecule has 8 heteroatoms. The zero-order chi connectivity index (χ0) is 25.4. The van der Waals surface area contributed by atoms with Gasteiger partial charge in [0.1, 0.15) is 6.61 Å². The summed E-state index contributed by atoms with van der Waals surface area (Å²) in [7, 11) is 0. The lowest BCUT2D eigenvalue weighted by molar-refractivity contribution is -0.215. The number of furan rings is 1. The highest BCUT2D eigenvalue weighted by Gasteiger charge is 2.76. The van der Waals surface area contributed by atoms with Crippen LogP contribution in [0.25, 0.3) is 0 Å². The Morgan fingerprint density at radius 1 is 1.31 bits per heavy atom. The Labute approximate surface area is 202 Å². The summed E-state index contributed by atoms with van der Waals surface area (Å²) in [5, 5.41) is 21.4. The van der Waals surface area contributed by atoms with E-state index in [9.17, 15) is 24.6 Å². The van der Waals surface area contributed by atoms with Crippen molar-refractivity contribution in [3.63, 3.8) is 0 Å². The van der Waals surface area contributed by atoms with E-state index in [1.807, 2.05) is 0 Å². The van der Waals surface area contributed by atoms with Gasteiger partial charge in [0, 0.05) is 16.7 Å². The SMILES string of the molecule is C=C1C[C@H]2[C@@H]3CCC4=CC(=O)C=C[C@]4(C)[C@@]3(F)C(O)C[C@]2(C)[C@@]1(OC(=O)c1ccco1)C(=O)CO. The summed E-state index contributed by atoms with van der Waals surface area (Å²) in [6.45, 7) is 6.55. The molecule has 3 saturated carbocycles. The van der Waals surface area contributed by atoms with E-state index in [-0.39, 0.29) is 30.0 Å². The zero-order valence-electron chi connectivity index (χ0n) is 19.8. The Morgan fingerprint density at radius 3 is 2.71 bits per heavy atom. The number of aliphatic hydroxyl groups excluding tert-OH is 2. The van der Waals surface area contributed by atoms with Crippen LogP contribution in [0.4, 0.5) is 4.39 Å². The first-order chi connectivity index (χ1) is 16.5. The topological polar surface area (TPSA) is 114 Å². The molecule has 3 fully saturated rings. The van der Waals surface area contributed by atoms with E-state index in [0.29, 0.717) is 18.4 Å². The van der Waals surface area contributed by atoms with E-state index in [2.05, 4.69) is 6.58 Å². The standard InChI is InChI=1S/C27H29FO7/c1-15-11-19-18-7-6-16-12-17(30)8-9-24(16,2)26(18,28)21(31)13-25(19,3)27(15,22(32)14-29)35-23(33)20-5-4-10-34-20/h4-5,8-10,12,18-19,21,29,31H,1,6-7,11,13-14H2,2-3H3/t18-,19-,21?,24-,25-,26-,27-/m0/s1. The lowest BCUT2D eigenvalue weighted by Gasteiger charge is -2.62. The van der Waals surface area contributed by atoms with E-state index in [1.165, 1.54) is 30.5 Å². The van der Waals surface area contributed by atoms with Crippen LogP contribution in [-0.4, -0.2) is 51.7 Å². The highest BCUT2D eigenvalue weighted by Crippen LogP contribution is 2.71. The Bertz CT molecular complexity index is 1180. The average molecular weight is 485 g/mol. The number of hydrogen-bond acceptors (Lipinski definition) is 7. The van der Waals surface area contributed by atoms with Crippen molar-refractivity contribution in [2.75, 3.05) is 6.61 Å². The molecular weight excluding hydrogens is 455 g/mol. The number of carbonyl (C=O) groups is 3. The Morgan fingerprint density at radius 2 is 2.06 bits per heavy atom. The molecule has 2 N–H and O–H groups in total. The number of fused-ring (bicyclic) bond motifs is 5. The second kappa shape index (κ2) is 7.58. The number of hydrogen-bond donors (Lipinski definition) is 2. The summed E-state index contributed by atoms with van der Waals surface area (Å²) < 4.78 is 28.3. The van der Waals surface area contributed by atoms with Crippen LogP contribution >= 0.6 is 0 Å². The first-order valence-corrected chi connectivity index (χ1v) is 11.9. The molecule has 0 spiro atoms. The molecule has 0 bridgehead atoms. The number of ether oxygens (including phenoxy) is 1. The van der Waals surface area contributed by atoms with Gasteiger partial charge in [0.15, 0.2) is 17.1 Å². The normalized spacial score (nSPS) is 42.1. The van der Waals surface area contributed by atoms with E-state index < -0.39 is 58.4 Å². The van der Waals surface area contributed by atoms with Crippen molar-refractivity contribution in [2.24, 2.45) is 22.7 Å². The van der Waals surface area contributed by atoms with Gasteiger partial charge >= 0.3 is 5.97 Å². The van der Waals surface area contributed by atoms with Crippen molar-refractivity contribution in [3.05, 3.63) is 60.1 Å². The molecule has 0 radical (unpaired) electrons. The summed E-state index contributed by atoms with van der Waals surface area (Å²) in [5.74, 6) is -3.21. The van der Waals surface area contributed by atoms with E-state index in [0.717, 1.165) is 0 Å². The predicted molar refractivity (Wildman–Crippen MR) is 122 cm³/mol. The van der Waals surface area contributed by atoms with Crippen molar-refractivity contribution in [2.45, 2.75) is 56.9 Å². The minimum atomic E-state index is -2.11. The summed E-state index contributed by atoms with van der Waals surface area (Å²) in [5.41, 5.74) is -5.57. The minimum absolute atomic E-state index is 0.122. The maximum absolute atomic E-state index is 17.3. The highest BCUT2D eigenvalue weighted by atomic mass is 19.1. The average Bonchev–Trinajstić information content (AvgIpc) is 3.42. The number of ketones is 2. The van der Waals surface area contributed by atoms with Crippen molar-refractivity contribution >= 4 is 17.5 Å². The molecule has 186 valence electrons. The summed E-state index contributed by atoms with van der Waals surface area (Å²) in [6.07, 6.45) is 4.90. The third-order valence-electron chi connectivity index (χ3n) is 9.30. The zero-order valence-corrected chi connectivity index (χ0v) is 19.8. The van der Waals surface area contributed by atoms with Crippen molar-refractivity contribution in [1.29, 1.82) is 0 Å². The number of allylic oxidation sites excluding steroid dienone is 4. The fourth-order valence-corrected chi connectivity index (χ4v) is 7.61. The lowest BCUT2D eigenvalue weighted by Crippen LogP contribution is -2.69. The number of carbonyl (C=O) groups excluding carboxylic acids is 3. The van der Waals surface area contributed by atoms with Gasteiger partial charge in [-0.2, -0.15) is 0 Å². The van der Waals surface area contributed by atoms with Gasteiger partial charge < -0.3 is 19.4 Å². The molecule has 1 unspecified atom stereocenters. The van der Waals surface area contributed by atoms with Gasteiger partial charge in [-0.15, -0.1) is 0 Å². The predicted octanol–water partition coefficient (Wildman–Crippen LogP) is 3.27. The van der Waals surface area contributed by atoms with Crippen molar-refractivity contribution in [3.8, 4) is 0 Å². The third-order valence-corrected chi connectivity index (χ3v) is 9.30. The highest BCUT2D eigenvalue weighted by molar-refractivity contribution is 6.01. The second-order valence-electron chi connectivity index (χ2n) is 10.7. The summed E-state index contributed by atoms with van der Waals surface area (Å²) in [4.78, 5) is 38.3. The molecule has 7 nitrogen and oxygen atoms in total. The number of Topliss-reactive ketones (excluding diaryl/α,β-unsaturated/α-hetero) is 1. The number of esters is 1. The second-order valence-corrected chi connectivity index (χ2v) is 10.7. The Kier molecular flexibility index (Phi) is 5.17. The van der Waals surface area contributed by atoms with Crippen LogP contribution in [-0.2, 0) is 14.3 Å². The summed E-state index contributed by atoms with van der Waals surface area (Å²) >= 11 is 0. The molecule has 1 aromatic rings. The molecule has 35 heavy (non-hydrogen) atoms. The van der Waals surface area contributed by atoms with Crippen LogP contribution in [0.1, 0.15) is 50.1 Å². The number of halogens is 1. The number of rotatable bonds is 4. The van der Waals surface area contributed by atoms with Crippen LogP contribution in [0.3, 0.4) is 0 Å². The molecule has 1 heterocycles. The first kappa shape index (κ1) is 23.9. The van der Waals surface area contributed by atoms with Crippen molar-refractivity contribution in [1.82, 2.24) is 0 Å². The molecule has 4 aliphatic rings. The minimum Gasteiger partial charge on any atom is -0.457 e. The van der Waals surface area contributed by atoms with Crippen molar-refractivity contribution < 1.29 is 38.1 Å². The first-order valence-electron chi connectivity index (χ1n) is 11.9. The fourth-order valence-electron chi connectivity index (χ4n) is 7.61. The Hall–Kier alpha value is -2.84. The maximum Gasteiger partial charge on any atom is 0.375 e. The Balaban J connectivity index is 1.62. The number of alkyl halides is 1.